The zero-order chi connectivity index (χ0) is 11.4. The lowest BCUT2D eigenvalue weighted by Crippen LogP contribution is -2.41. The van der Waals surface area contributed by atoms with Crippen molar-refractivity contribution in [3.05, 3.63) is 0 Å². The first-order chi connectivity index (χ1) is 7.83. The molecule has 0 bridgehead atoms. The zero-order valence-corrected chi connectivity index (χ0v) is 10.9. The second-order valence-electron chi connectivity index (χ2n) is 4.64. The molecule has 2 aliphatic rings. The van der Waals surface area contributed by atoms with Crippen LogP contribution in [-0.2, 0) is 4.79 Å². The van der Waals surface area contributed by atoms with Crippen molar-refractivity contribution in [2.75, 3.05) is 31.1 Å². The monoisotopic (exact) mass is 242 g/mol. The molecule has 0 aromatic rings. The van der Waals surface area contributed by atoms with Gasteiger partial charge < -0.3 is 10.2 Å². The third-order valence-corrected chi connectivity index (χ3v) is 4.54. The van der Waals surface area contributed by atoms with Crippen LogP contribution in [0.4, 0.5) is 0 Å². The number of amides is 1. The molecule has 92 valence electrons. The zero-order valence-electron chi connectivity index (χ0n) is 10.1. The van der Waals surface area contributed by atoms with E-state index in [9.17, 15) is 4.79 Å². The van der Waals surface area contributed by atoms with Gasteiger partial charge in [0.05, 0.1) is 5.92 Å². The van der Waals surface area contributed by atoms with Crippen LogP contribution in [0.5, 0.6) is 0 Å². The third kappa shape index (κ3) is 2.72. The quantitative estimate of drug-likeness (QED) is 0.738. The summed E-state index contributed by atoms with van der Waals surface area (Å²) >= 11 is 1.96. The highest BCUT2D eigenvalue weighted by molar-refractivity contribution is 7.99. The Hall–Kier alpha value is -0.220. The van der Waals surface area contributed by atoms with Crippen molar-refractivity contribution in [3.63, 3.8) is 0 Å². The second-order valence-corrected chi connectivity index (χ2v) is 6.04. The van der Waals surface area contributed by atoms with E-state index < -0.39 is 0 Å². The molecule has 16 heavy (non-hydrogen) atoms. The Kier molecular flexibility index (Phi) is 4.53. The van der Waals surface area contributed by atoms with E-state index >= 15 is 0 Å². The number of thioether (sulfide) groups is 1. The van der Waals surface area contributed by atoms with Gasteiger partial charge in [-0.1, -0.05) is 6.92 Å². The summed E-state index contributed by atoms with van der Waals surface area (Å²) in [5.74, 6) is 3.05. The predicted molar refractivity (Wildman–Crippen MR) is 68.7 cm³/mol. The topological polar surface area (TPSA) is 32.3 Å². The van der Waals surface area contributed by atoms with Crippen LogP contribution in [0.1, 0.15) is 26.2 Å². The van der Waals surface area contributed by atoms with Gasteiger partial charge in [0, 0.05) is 19.1 Å². The van der Waals surface area contributed by atoms with E-state index in [1.165, 1.54) is 11.5 Å². The standard InChI is InChI=1S/C12H22N2OS/c1-2-16-8-4-7-14-9-11-10(12(14)15)5-3-6-13-11/h10-11,13H,2-9H2,1H3. The van der Waals surface area contributed by atoms with Gasteiger partial charge in [-0.2, -0.15) is 11.8 Å². The average Bonchev–Trinajstić information content (AvgIpc) is 2.63. The Bertz CT molecular complexity index is 247. The Morgan fingerprint density at radius 3 is 3.19 bits per heavy atom. The number of hydrogen-bond acceptors (Lipinski definition) is 3. The molecule has 0 aromatic carbocycles. The van der Waals surface area contributed by atoms with E-state index in [4.69, 9.17) is 0 Å². The van der Waals surface area contributed by atoms with Gasteiger partial charge in [-0.15, -0.1) is 0 Å². The lowest BCUT2D eigenvalue weighted by Gasteiger charge is -2.23. The number of nitrogens with one attached hydrogen (secondary N) is 1. The number of rotatable bonds is 5. The summed E-state index contributed by atoms with van der Waals surface area (Å²) in [5, 5.41) is 3.48. The van der Waals surface area contributed by atoms with Crippen molar-refractivity contribution in [2.24, 2.45) is 5.92 Å². The fourth-order valence-electron chi connectivity index (χ4n) is 2.71. The lowest BCUT2D eigenvalue weighted by molar-refractivity contribution is -0.131. The minimum Gasteiger partial charge on any atom is -0.341 e. The summed E-state index contributed by atoms with van der Waals surface area (Å²) in [7, 11) is 0. The molecule has 1 N–H and O–H groups in total. The summed E-state index contributed by atoms with van der Waals surface area (Å²) in [6.45, 7) is 5.18. The normalized spacial score (nSPS) is 29.6. The first-order valence-electron chi connectivity index (χ1n) is 6.43. The van der Waals surface area contributed by atoms with Crippen molar-refractivity contribution in [1.29, 1.82) is 0 Å². The lowest BCUT2D eigenvalue weighted by atomic mass is 9.94. The molecule has 2 aliphatic heterocycles. The third-order valence-electron chi connectivity index (χ3n) is 3.55. The average molecular weight is 242 g/mol. The van der Waals surface area contributed by atoms with Crippen LogP contribution in [0.2, 0.25) is 0 Å². The molecule has 2 saturated heterocycles. The number of fused-ring (bicyclic) bond motifs is 1. The van der Waals surface area contributed by atoms with Gasteiger partial charge in [-0.25, -0.2) is 0 Å². The van der Waals surface area contributed by atoms with Crippen LogP contribution >= 0.6 is 11.8 Å². The summed E-state index contributed by atoms with van der Waals surface area (Å²) in [6, 6.07) is 0.445. The van der Waals surface area contributed by atoms with Gasteiger partial charge >= 0.3 is 0 Å². The van der Waals surface area contributed by atoms with E-state index in [1.54, 1.807) is 0 Å². The Morgan fingerprint density at radius 1 is 1.56 bits per heavy atom. The minimum atomic E-state index is 0.285. The fourth-order valence-corrected chi connectivity index (χ4v) is 3.33. The van der Waals surface area contributed by atoms with Crippen LogP contribution in [-0.4, -0.2) is 48.0 Å². The number of nitrogens with zero attached hydrogens (tertiary/aromatic N) is 1. The van der Waals surface area contributed by atoms with Gasteiger partial charge in [0.2, 0.25) is 5.91 Å². The molecule has 0 aliphatic carbocycles. The van der Waals surface area contributed by atoms with Gasteiger partial charge in [-0.3, -0.25) is 4.79 Å². The van der Waals surface area contributed by atoms with Crippen molar-refractivity contribution in [3.8, 4) is 0 Å². The molecule has 4 heteroatoms. The van der Waals surface area contributed by atoms with Gasteiger partial charge in [0.15, 0.2) is 0 Å². The summed E-state index contributed by atoms with van der Waals surface area (Å²) in [4.78, 5) is 14.2. The number of hydrogen-bond donors (Lipinski definition) is 1. The van der Waals surface area contributed by atoms with Crippen molar-refractivity contribution in [1.82, 2.24) is 10.2 Å². The minimum absolute atomic E-state index is 0.285. The largest absolute Gasteiger partial charge is 0.341 e. The van der Waals surface area contributed by atoms with Crippen molar-refractivity contribution < 1.29 is 4.79 Å². The fraction of sp³-hybridized carbons (Fsp3) is 0.917. The van der Waals surface area contributed by atoms with E-state index in [0.717, 1.165) is 38.9 Å². The van der Waals surface area contributed by atoms with Crippen LogP contribution < -0.4 is 5.32 Å². The molecule has 2 heterocycles. The van der Waals surface area contributed by atoms with E-state index in [1.807, 2.05) is 11.8 Å². The van der Waals surface area contributed by atoms with Crippen LogP contribution in [0.25, 0.3) is 0 Å². The molecular weight excluding hydrogens is 220 g/mol. The number of likely N-dealkylation sites (tertiary alicyclic amines) is 1. The first-order valence-corrected chi connectivity index (χ1v) is 7.58. The number of carbonyl (C=O) groups excluding carboxylic acids is 1. The molecule has 2 unspecified atom stereocenters. The van der Waals surface area contributed by atoms with Crippen molar-refractivity contribution >= 4 is 17.7 Å². The second kappa shape index (κ2) is 5.92. The van der Waals surface area contributed by atoms with E-state index in [-0.39, 0.29) is 5.92 Å². The number of carbonyl (C=O) groups is 1. The Morgan fingerprint density at radius 2 is 2.44 bits per heavy atom. The molecule has 1 amide bonds. The van der Waals surface area contributed by atoms with Crippen LogP contribution in [0, 0.1) is 5.92 Å². The molecule has 0 aromatic heterocycles. The molecule has 2 fully saturated rings. The van der Waals surface area contributed by atoms with Crippen molar-refractivity contribution in [2.45, 2.75) is 32.2 Å². The molecule has 0 saturated carbocycles. The summed E-state index contributed by atoms with van der Waals surface area (Å²) in [5.41, 5.74) is 0. The molecule has 2 rings (SSSR count). The van der Waals surface area contributed by atoms with E-state index in [2.05, 4.69) is 17.1 Å². The highest BCUT2D eigenvalue weighted by Gasteiger charge is 2.40. The Labute approximate surface area is 102 Å². The summed E-state index contributed by atoms with van der Waals surface area (Å²) in [6.07, 6.45) is 3.40. The molecule has 0 radical (unpaired) electrons. The smallest absolute Gasteiger partial charge is 0.227 e. The van der Waals surface area contributed by atoms with E-state index in [0.29, 0.717) is 11.9 Å². The SMILES string of the molecule is CCSCCCN1CC2NCCCC2C1=O. The van der Waals surface area contributed by atoms with Gasteiger partial charge in [0.1, 0.15) is 0 Å². The predicted octanol–water partition coefficient (Wildman–Crippen LogP) is 1.34. The molecule has 3 nitrogen and oxygen atoms in total. The molecular formula is C12H22N2OS. The van der Waals surface area contributed by atoms with Crippen LogP contribution in [0.15, 0.2) is 0 Å². The first kappa shape index (κ1) is 12.2. The number of piperidine rings is 1. The maximum atomic E-state index is 12.1. The highest BCUT2D eigenvalue weighted by atomic mass is 32.2. The maximum absolute atomic E-state index is 12.1. The maximum Gasteiger partial charge on any atom is 0.227 e. The van der Waals surface area contributed by atoms with Crippen LogP contribution in [0.3, 0.4) is 0 Å². The Balaban J connectivity index is 1.76. The van der Waals surface area contributed by atoms with Gasteiger partial charge in [0.25, 0.3) is 0 Å². The molecule has 2 atom stereocenters. The molecule has 0 spiro atoms. The summed E-state index contributed by atoms with van der Waals surface area (Å²) < 4.78 is 0. The van der Waals surface area contributed by atoms with Gasteiger partial charge in [-0.05, 0) is 37.3 Å². The highest BCUT2D eigenvalue weighted by Crippen LogP contribution is 2.26.